The molecule has 1 saturated carbocycles. The molecule has 30 heavy (non-hydrogen) atoms. The van der Waals surface area contributed by atoms with Crippen molar-refractivity contribution in [3.8, 4) is 5.88 Å². The van der Waals surface area contributed by atoms with E-state index in [1.54, 1.807) is 4.90 Å². The van der Waals surface area contributed by atoms with Crippen LogP contribution in [0.2, 0.25) is 5.15 Å². The first-order chi connectivity index (χ1) is 14.6. The van der Waals surface area contributed by atoms with Crippen LogP contribution in [0.1, 0.15) is 60.9 Å². The fourth-order valence-electron chi connectivity index (χ4n) is 4.06. The summed E-state index contributed by atoms with van der Waals surface area (Å²) in [6.45, 7) is 2.55. The van der Waals surface area contributed by atoms with Crippen LogP contribution in [0.4, 0.5) is 5.69 Å². The van der Waals surface area contributed by atoms with Gasteiger partial charge in [-0.25, -0.2) is 9.97 Å². The molecule has 0 bridgehead atoms. The fourth-order valence-corrected chi connectivity index (χ4v) is 4.27. The van der Waals surface area contributed by atoms with E-state index in [0.29, 0.717) is 25.5 Å². The van der Waals surface area contributed by atoms with Gasteiger partial charge in [-0.3, -0.25) is 9.59 Å². The van der Waals surface area contributed by atoms with Crippen LogP contribution in [-0.2, 0) is 9.53 Å². The first-order valence-corrected chi connectivity index (χ1v) is 10.7. The van der Waals surface area contributed by atoms with Gasteiger partial charge >= 0.3 is 5.97 Å². The minimum Gasteiger partial charge on any atom is -0.475 e. The monoisotopic (exact) mass is 429 g/mol. The van der Waals surface area contributed by atoms with Gasteiger partial charge < -0.3 is 14.4 Å². The number of esters is 1. The zero-order valence-electron chi connectivity index (χ0n) is 16.8. The maximum atomic E-state index is 13.0. The summed E-state index contributed by atoms with van der Waals surface area (Å²) in [4.78, 5) is 34.1. The molecule has 0 spiro atoms. The van der Waals surface area contributed by atoms with Crippen molar-refractivity contribution in [3.05, 3.63) is 46.9 Å². The van der Waals surface area contributed by atoms with Gasteiger partial charge in [-0.2, -0.15) is 0 Å². The third-order valence-electron chi connectivity index (χ3n) is 5.72. The molecule has 1 fully saturated rings. The third-order valence-corrected chi connectivity index (χ3v) is 6.00. The maximum Gasteiger partial charge on any atom is 0.305 e. The Morgan fingerprint density at radius 3 is 2.63 bits per heavy atom. The molecule has 2 aliphatic rings. The van der Waals surface area contributed by atoms with Crippen molar-refractivity contribution >= 4 is 29.2 Å². The van der Waals surface area contributed by atoms with Crippen LogP contribution in [-0.4, -0.2) is 41.1 Å². The van der Waals surface area contributed by atoms with E-state index in [-0.39, 0.29) is 34.6 Å². The Morgan fingerprint density at radius 1 is 1.20 bits per heavy atom. The van der Waals surface area contributed by atoms with Crippen LogP contribution in [0.25, 0.3) is 0 Å². The highest BCUT2D eigenvalue weighted by atomic mass is 35.5. The van der Waals surface area contributed by atoms with E-state index < -0.39 is 0 Å². The van der Waals surface area contributed by atoms with Crippen molar-refractivity contribution in [2.24, 2.45) is 0 Å². The van der Waals surface area contributed by atoms with Crippen molar-refractivity contribution in [1.29, 1.82) is 0 Å². The lowest BCUT2D eigenvalue weighted by atomic mass is 9.82. The first-order valence-electron chi connectivity index (χ1n) is 10.3. The molecule has 1 aliphatic carbocycles. The summed E-state index contributed by atoms with van der Waals surface area (Å²) in [6, 6.07) is 8.06. The highest BCUT2D eigenvalue weighted by Gasteiger charge is 2.29. The van der Waals surface area contributed by atoms with Crippen LogP contribution in [0.5, 0.6) is 5.88 Å². The molecule has 1 amide bonds. The van der Waals surface area contributed by atoms with E-state index in [0.717, 1.165) is 31.4 Å². The molecule has 7 nitrogen and oxygen atoms in total. The smallest absolute Gasteiger partial charge is 0.305 e. The van der Waals surface area contributed by atoms with Gasteiger partial charge in [0.15, 0.2) is 0 Å². The van der Waals surface area contributed by atoms with E-state index in [1.807, 2.05) is 19.1 Å². The number of carbonyl (C=O) groups is 2. The number of hydrogen-bond donors (Lipinski definition) is 0. The Bertz CT molecular complexity index is 926. The van der Waals surface area contributed by atoms with Crippen LogP contribution < -0.4 is 9.64 Å². The number of benzene rings is 1. The summed E-state index contributed by atoms with van der Waals surface area (Å²) < 4.78 is 11.1. The number of rotatable bonds is 4. The Labute approximate surface area is 180 Å². The molecule has 1 aliphatic heterocycles. The number of anilines is 1. The SMILES string of the molecule is CCC(=O)OC1CCC(c2ccc(N3CCOc4ncnc(Cl)c4C3=O)cc2)CC1. The van der Waals surface area contributed by atoms with E-state index in [2.05, 4.69) is 22.1 Å². The summed E-state index contributed by atoms with van der Waals surface area (Å²) in [5.74, 6) is 0.266. The molecule has 0 radical (unpaired) electrons. The van der Waals surface area contributed by atoms with E-state index in [9.17, 15) is 9.59 Å². The van der Waals surface area contributed by atoms with Crippen LogP contribution in [0.3, 0.4) is 0 Å². The summed E-state index contributed by atoms with van der Waals surface area (Å²) >= 11 is 6.13. The molecule has 1 aromatic carbocycles. The van der Waals surface area contributed by atoms with Gasteiger partial charge in [0.1, 0.15) is 29.8 Å². The van der Waals surface area contributed by atoms with Gasteiger partial charge in [0.25, 0.3) is 5.91 Å². The second kappa shape index (κ2) is 9.00. The summed E-state index contributed by atoms with van der Waals surface area (Å²) in [7, 11) is 0. The Kier molecular flexibility index (Phi) is 6.18. The van der Waals surface area contributed by atoms with Crippen LogP contribution in [0, 0.1) is 0 Å². The van der Waals surface area contributed by atoms with Gasteiger partial charge in [0.2, 0.25) is 5.88 Å². The predicted octanol–water partition coefficient (Wildman–Crippen LogP) is 4.15. The number of halogens is 1. The first kappa shape index (κ1) is 20.6. The summed E-state index contributed by atoms with van der Waals surface area (Å²) in [6.07, 6.45) is 5.48. The number of aromatic nitrogens is 2. The molecule has 2 aromatic rings. The topological polar surface area (TPSA) is 81.6 Å². The number of amides is 1. The lowest BCUT2D eigenvalue weighted by Crippen LogP contribution is -2.32. The highest BCUT2D eigenvalue weighted by Crippen LogP contribution is 2.35. The van der Waals surface area contributed by atoms with Crippen molar-refractivity contribution in [2.45, 2.75) is 51.0 Å². The number of nitrogens with zero attached hydrogens (tertiary/aromatic N) is 3. The number of fused-ring (bicyclic) bond motifs is 1. The lowest BCUT2D eigenvalue weighted by molar-refractivity contribution is -0.150. The second-order valence-corrected chi connectivity index (χ2v) is 7.92. The molecule has 0 N–H and O–H groups in total. The minimum absolute atomic E-state index is 0.0368. The Balaban J connectivity index is 1.45. The highest BCUT2D eigenvalue weighted by molar-refractivity contribution is 6.33. The van der Waals surface area contributed by atoms with Crippen LogP contribution in [0.15, 0.2) is 30.6 Å². The zero-order chi connectivity index (χ0) is 21.1. The minimum atomic E-state index is -0.265. The molecule has 2 heterocycles. The molecule has 158 valence electrons. The third kappa shape index (κ3) is 4.26. The average molecular weight is 430 g/mol. The van der Waals surface area contributed by atoms with E-state index >= 15 is 0 Å². The fraction of sp³-hybridized carbons (Fsp3) is 0.455. The second-order valence-electron chi connectivity index (χ2n) is 7.56. The lowest BCUT2D eigenvalue weighted by Gasteiger charge is -2.29. The van der Waals surface area contributed by atoms with E-state index in [4.69, 9.17) is 21.1 Å². The molecule has 0 atom stereocenters. The quantitative estimate of drug-likeness (QED) is 0.536. The Hall–Kier alpha value is -2.67. The molecular formula is C22H24ClN3O4. The van der Waals surface area contributed by atoms with Crippen molar-refractivity contribution < 1.29 is 19.1 Å². The number of ether oxygens (including phenoxy) is 2. The standard InChI is InChI=1S/C22H24ClN3O4/c1-2-18(27)30-17-9-5-15(6-10-17)14-3-7-16(8-4-14)26-11-12-29-21-19(22(26)28)20(23)24-13-25-21/h3-4,7-8,13,15,17H,2,5-6,9-12H2,1H3. The normalized spacial score (nSPS) is 21.4. The van der Waals surface area contributed by atoms with Crippen molar-refractivity contribution in [3.63, 3.8) is 0 Å². The van der Waals surface area contributed by atoms with Gasteiger partial charge in [-0.1, -0.05) is 30.7 Å². The number of hydrogen-bond acceptors (Lipinski definition) is 6. The molecular weight excluding hydrogens is 406 g/mol. The van der Waals surface area contributed by atoms with Crippen molar-refractivity contribution in [2.75, 3.05) is 18.1 Å². The van der Waals surface area contributed by atoms with Crippen LogP contribution >= 0.6 is 11.6 Å². The van der Waals surface area contributed by atoms with E-state index in [1.165, 1.54) is 11.9 Å². The summed E-state index contributed by atoms with van der Waals surface area (Å²) in [5.41, 5.74) is 2.21. The molecule has 4 rings (SSSR count). The maximum absolute atomic E-state index is 13.0. The van der Waals surface area contributed by atoms with Crippen molar-refractivity contribution in [1.82, 2.24) is 9.97 Å². The van der Waals surface area contributed by atoms with Gasteiger partial charge in [-0.15, -0.1) is 0 Å². The summed E-state index contributed by atoms with van der Waals surface area (Å²) in [5, 5.41) is 0.0917. The largest absolute Gasteiger partial charge is 0.475 e. The van der Waals surface area contributed by atoms with Gasteiger partial charge in [0.05, 0.1) is 6.54 Å². The molecule has 0 saturated heterocycles. The van der Waals surface area contributed by atoms with Gasteiger partial charge in [0, 0.05) is 12.1 Å². The average Bonchev–Trinajstić information content (AvgIpc) is 2.94. The molecule has 1 aromatic heterocycles. The molecule has 0 unspecified atom stereocenters. The van der Waals surface area contributed by atoms with Gasteiger partial charge in [-0.05, 0) is 49.3 Å². The predicted molar refractivity (Wildman–Crippen MR) is 112 cm³/mol. The number of carbonyl (C=O) groups excluding carboxylic acids is 2. The molecule has 8 heteroatoms. The zero-order valence-corrected chi connectivity index (χ0v) is 17.6. The Morgan fingerprint density at radius 2 is 1.93 bits per heavy atom.